The van der Waals surface area contributed by atoms with Crippen LogP contribution < -0.4 is 5.32 Å². The molecule has 3 aromatic rings. The van der Waals surface area contributed by atoms with Crippen molar-refractivity contribution in [2.24, 2.45) is 0 Å². The highest BCUT2D eigenvalue weighted by molar-refractivity contribution is 7.90. The van der Waals surface area contributed by atoms with E-state index in [1.54, 1.807) is 24.3 Å². The molecule has 1 amide bonds. The first-order chi connectivity index (χ1) is 10.5. The van der Waals surface area contributed by atoms with Gasteiger partial charge in [0.1, 0.15) is 11.0 Å². The SMILES string of the molecule is CC(=O)Nc1ccc(S(=O)(=O)n2nnc3ccccc32)cc1. The fourth-order valence-electron chi connectivity index (χ4n) is 2.04. The van der Waals surface area contributed by atoms with Crippen molar-refractivity contribution >= 4 is 32.7 Å². The van der Waals surface area contributed by atoms with E-state index in [9.17, 15) is 13.2 Å². The van der Waals surface area contributed by atoms with E-state index in [2.05, 4.69) is 15.6 Å². The summed E-state index contributed by atoms with van der Waals surface area (Å²) in [4.78, 5) is 11.0. The van der Waals surface area contributed by atoms with Crippen molar-refractivity contribution in [2.45, 2.75) is 11.8 Å². The summed E-state index contributed by atoms with van der Waals surface area (Å²) < 4.78 is 26.1. The van der Waals surface area contributed by atoms with Gasteiger partial charge in [0.05, 0.1) is 4.90 Å². The monoisotopic (exact) mass is 316 g/mol. The smallest absolute Gasteiger partial charge is 0.284 e. The molecule has 0 unspecified atom stereocenters. The lowest BCUT2D eigenvalue weighted by atomic mass is 10.3. The lowest BCUT2D eigenvalue weighted by Gasteiger charge is -2.06. The zero-order valence-corrected chi connectivity index (χ0v) is 12.4. The molecule has 3 rings (SSSR count). The van der Waals surface area contributed by atoms with Crippen LogP contribution in [0.4, 0.5) is 5.69 Å². The van der Waals surface area contributed by atoms with Gasteiger partial charge in [-0.2, -0.15) is 8.42 Å². The number of hydrogen-bond donors (Lipinski definition) is 1. The van der Waals surface area contributed by atoms with E-state index >= 15 is 0 Å². The number of carbonyl (C=O) groups excluding carboxylic acids is 1. The molecule has 22 heavy (non-hydrogen) atoms. The van der Waals surface area contributed by atoms with E-state index in [4.69, 9.17) is 0 Å². The highest BCUT2D eigenvalue weighted by Gasteiger charge is 2.21. The molecule has 0 saturated carbocycles. The minimum atomic E-state index is -3.84. The van der Waals surface area contributed by atoms with Gasteiger partial charge in [0.25, 0.3) is 10.0 Å². The molecule has 0 fully saturated rings. The van der Waals surface area contributed by atoms with Crippen LogP contribution in [0.3, 0.4) is 0 Å². The number of rotatable bonds is 3. The third kappa shape index (κ3) is 2.44. The maximum atomic E-state index is 12.6. The summed E-state index contributed by atoms with van der Waals surface area (Å²) in [5.41, 5.74) is 1.43. The molecule has 0 aliphatic rings. The highest BCUT2D eigenvalue weighted by Crippen LogP contribution is 2.20. The minimum absolute atomic E-state index is 0.0669. The Labute approximate surface area is 126 Å². The quantitative estimate of drug-likeness (QED) is 0.792. The van der Waals surface area contributed by atoms with E-state index in [0.29, 0.717) is 16.7 Å². The average Bonchev–Trinajstić information content (AvgIpc) is 2.92. The summed E-state index contributed by atoms with van der Waals surface area (Å²) in [6.07, 6.45) is 0. The molecule has 7 nitrogen and oxygen atoms in total. The highest BCUT2D eigenvalue weighted by atomic mass is 32.2. The molecule has 0 atom stereocenters. The van der Waals surface area contributed by atoms with Gasteiger partial charge in [-0.25, -0.2) is 0 Å². The van der Waals surface area contributed by atoms with Gasteiger partial charge in [0.15, 0.2) is 0 Å². The molecule has 8 heteroatoms. The largest absolute Gasteiger partial charge is 0.326 e. The molecule has 1 N–H and O–H groups in total. The van der Waals surface area contributed by atoms with Gasteiger partial charge >= 0.3 is 0 Å². The second kappa shape index (κ2) is 5.23. The second-order valence-corrected chi connectivity index (χ2v) is 6.40. The Morgan fingerprint density at radius 3 is 2.45 bits per heavy atom. The predicted octanol–water partition coefficient (Wildman–Crippen LogP) is 1.63. The molecular weight excluding hydrogens is 304 g/mol. The summed E-state index contributed by atoms with van der Waals surface area (Å²) in [7, 11) is -3.84. The van der Waals surface area contributed by atoms with Gasteiger partial charge in [0, 0.05) is 12.6 Å². The Morgan fingerprint density at radius 2 is 1.77 bits per heavy atom. The number of hydrogen-bond acceptors (Lipinski definition) is 5. The third-order valence-corrected chi connectivity index (χ3v) is 4.61. The van der Waals surface area contributed by atoms with Crippen molar-refractivity contribution in [3.63, 3.8) is 0 Å². The standard InChI is InChI=1S/C14H12N4O3S/c1-10(19)15-11-6-8-12(9-7-11)22(20,21)18-14-5-3-2-4-13(14)16-17-18/h2-9H,1H3,(H,15,19). The normalized spacial score (nSPS) is 11.5. The maximum absolute atomic E-state index is 12.6. The Hall–Kier alpha value is -2.74. The second-order valence-electron chi connectivity index (χ2n) is 4.63. The van der Waals surface area contributed by atoms with Crippen LogP contribution in [0, 0.1) is 0 Å². The first kappa shape index (κ1) is 14.2. The molecular formula is C14H12N4O3S. The van der Waals surface area contributed by atoms with Crippen LogP contribution in [-0.2, 0) is 14.8 Å². The molecule has 0 aliphatic heterocycles. The number of nitrogens with zero attached hydrogens (tertiary/aromatic N) is 3. The lowest BCUT2D eigenvalue weighted by molar-refractivity contribution is -0.114. The van der Waals surface area contributed by atoms with Crippen LogP contribution in [0.1, 0.15) is 6.92 Å². The Balaban J connectivity index is 2.04. The first-order valence-electron chi connectivity index (χ1n) is 6.42. The Morgan fingerprint density at radius 1 is 1.09 bits per heavy atom. The van der Waals surface area contributed by atoms with Gasteiger partial charge < -0.3 is 5.32 Å². The molecule has 0 aliphatic carbocycles. The van der Waals surface area contributed by atoms with Crippen LogP contribution in [0.15, 0.2) is 53.4 Å². The molecule has 0 radical (unpaired) electrons. The number of fused-ring (bicyclic) bond motifs is 1. The van der Waals surface area contributed by atoms with Gasteiger partial charge in [-0.15, -0.1) is 9.19 Å². The van der Waals surface area contributed by atoms with Crippen LogP contribution >= 0.6 is 0 Å². The Kier molecular flexibility index (Phi) is 3.38. The predicted molar refractivity (Wildman–Crippen MR) is 80.9 cm³/mol. The number of nitrogens with one attached hydrogen (secondary N) is 1. The van der Waals surface area contributed by atoms with Crippen molar-refractivity contribution in [3.05, 3.63) is 48.5 Å². The fourth-order valence-corrected chi connectivity index (χ4v) is 3.26. The summed E-state index contributed by atoms with van der Waals surface area (Å²) >= 11 is 0. The molecule has 0 saturated heterocycles. The van der Waals surface area contributed by atoms with Crippen molar-refractivity contribution < 1.29 is 13.2 Å². The van der Waals surface area contributed by atoms with Crippen molar-refractivity contribution in [1.82, 2.24) is 14.4 Å². The molecule has 1 heterocycles. The van der Waals surface area contributed by atoms with E-state index < -0.39 is 10.0 Å². The summed E-state index contributed by atoms with van der Waals surface area (Å²) in [6.45, 7) is 1.38. The summed E-state index contributed by atoms with van der Waals surface area (Å²) in [5.74, 6) is -0.224. The van der Waals surface area contributed by atoms with Crippen molar-refractivity contribution in [1.29, 1.82) is 0 Å². The average molecular weight is 316 g/mol. The van der Waals surface area contributed by atoms with Crippen LogP contribution in [0.5, 0.6) is 0 Å². The first-order valence-corrected chi connectivity index (χ1v) is 7.86. The number of aromatic nitrogens is 3. The van der Waals surface area contributed by atoms with E-state index in [1.807, 2.05) is 0 Å². The van der Waals surface area contributed by atoms with E-state index in [0.717, 1.165) is 4.09 Å². The summed E-state index contributed by atoms with van der Waals surface area (Å²) in [5, 5.41) is 10.1. The molecule has 0 spiro atoms. The fraction of sp³-hybridized carbons (Fsp3) is 0.0714. The molecule has 2 aromatic carbocycles. The number of benzene rings is 2. The van der Waals surface area contributed by atoms with Crippen LogP contribution in [0.2, 0.25) is 0 Å². The topological polar surface area (TPSA) is 94.0 Å². The lowest BCUT2D eigenvalue weighted by Crippen LogP contribution is -2.15. The van der Waals surface area contributed by atoms with Gasteiger partial charge in [-0.3, -0.25) is 4.79 Å². The zero-order chi connectivity index (χ0) is 15.7. The van der Waals surface area contributed by atoms with Crippen LogP contribution in [0.25, 0.3) is 11.0 Å². The minimum Gasteiger partial charge on any atom is -0.326 e. The molecule has 0 bridgehead atoms. The van der Waals surface area contributed by atoms with Gasteiger partial charge in [-0.1, -0.05) is 17.3 Å². The number of para-hydroxylation sites is 1. The van der Waals surface area contributed by atoms with Crippen molar-refractivity contribution in [3.8, 4) is 0 Å². The zero-order valence-electron chi connectivity index (χ0n) is 11.6. The molecule has 1 aromatic heterocycles. The van der Waals surface area contributed by atoms with Gasteiger partial charge in [0.2, 0.25) is 5.91 Å². The Bertz CT molecular complexity index is 946. The number of anilines is 1. The van der Waals surface area contributed by atoms with Crippen molar-refractivity contribution in [2.75, 3.05) is 5.32 Å². The summed E-state index contributed by atoms with van der Waals surface area (Å²) in [6, 6.07) is 12.7. The molecule has 112 valence electrons. The van der Waals surface area contributed by atoms with E-state index in [1.165, 1.54) is 31.2 Å². The third-order valence-electron chi connectivity index (χ3n) is 3.02. The van der Waals surface area contributed by atoms with Gasteiger partial charge in [-0.05, 0) is 36.4 Å². The number of amides is 1. The maximum Gasteiger partial charge on any atom is 0.284 e. The van der Waals surface area contributed by atoms with E-state index in [-0.39, 0.29) is 10.8 Å². The van der Waals surface area contributed by atoms with Crippen LogP contribution in [-0.4, -0.2) is 28.7 Å². The number of carbonyl (C=O) groups is 1.